The average Bonchev–Trinajstić information content (AvgIpc) is 1.97. The van der Waals surface area contributed by atoms with Crippen molar-refractivity contribution in [1.29, 1.82) is 0 Å². The summed E-state index contributed by atoms with van der Waals surface area (Å²) in [4.78, 5) is 0. The zero-order valence-corrected chi connectivity index (χ0v) is 7.03. The van der Waals surface area contributed by atoms with Gasteiger partial charge < -0.3 is 14.9 Å². The SMILES string of the molecule is CC[C@H]1O[C@@H](C)[C@H](O)C[C@@H]1O. The summed E-state index contributed by atoms with van der Waals surface area (Å²) in [5.74, 6) is 0. The molecule has 1 aliphatic heterocycles. The molecule has 1 fully saturated rings. The van der Waals surface area contributed by atoms with E-state index in [0.29, 0.717) is 6.42 Å². The van der Waals surface area contributed by atoms with Crippen molar-refractivity contribution in [3.05, 3.63) is 0 Å². The minimum Gasteiger partial charge on any atom is -0.390 e. The van der Waals surface area contributed by atoms with Gasteiger partial charge >= 0.3 is 0 Å². The van der Waals surface area contributed by atoms with Crippen molar-refractivity contribution in [2.24, 2.45) is 0 Å². The molecule has 66 valence electrons. The lowest BCUT2D eigenvalue weighted by Gasteiger charge is -2.35. The summed E-state index contributed by atoms with van der Waals surface area (Å²) in [5, 5.41) is 18.6. The van der Waals surface area contributed by atoms with E-state index in [1.165, 1.54) is 0 Å². The molecule has 1 aliphatic rings. The monoisotopic (exact) mass is 160 g/mol. The summed E-state index contributed by atoms with van der Waals surface area (Å²) in [7, 11) is 0. The summed E-state index contributed by atoms with van der Waals surface area (Å²) in [6.45, 7) is 3.80. The van der Waals surface area contributed by atoms with Crippen molar-refractivity contribution in [1.82, 2.24) is 0 Å². The van der Waals surface area contributed by atoms with Crippen LogP contribution in [0.3, 0.4) is 0 Å². The van der Waals surface area contributed by atoms with Crippen molar-refractivity contribution in [2.75, 3.05) is 0 Å². The lowest BCUT2D eigenvalue weighted by molar-refractivity contribution is -0.162. The van der Waals surface area contributed by atoms with Crippen LogP contribution >= 0.6 is 0 Å². The number of rotatable bonds is 1. The smallest absolute Gasteiger partial charge is 0.0837 e. The Labute approximate surface area is 67.0 Å². The normalized spacial score (nSPS) is 45.8. The molecular formula is C8H16O3. The first-order chi connectivity index (χ1) is 5.15. The number of ether oxygens (including phenoxy) is 1. The van der Waals surface area contributed by atoms with E-state index in [2.05, 4.69) is 0 Å². The Kier molecular flexibility index (Phi) is 2.87. The summed E-state index contributed by atoms with van der Waals surface area (Å²) in [6.07, 6.45) is 0.0218. The fourth-order valence-corrected chi connectivity index (χ4v) is 1.42. The van der Waals surface area contributed by atoms with E-state index in [0.717, 1.165) is 6.42 Å². The number of aliphatic hydroxyl groups excluding tert-OH is 2. The molecule has 1 saturated heterocycles. The summed E-state index contributed by atoms with van der Waals surface area (Å²) >= 11 is 0. The van der Waals surface area contributed by atoms with Crippen LogP contribution in [0.25, 0.3) is 0 Å². The van der Waals surface area contributed by atoms with Crippen LogP contribution in [-0.2, 0) is 4.74 Å². The molecule has 0 aromatic heterocycles. The van der Waals surface area contributed by atoms with Crippen molar-refractivity contribution >= 4 is 0 Å². The highest BCUT2D eigenvalue weighted by molar-refractivity contribution is 4.81. The van der Waals surface area contributed by atoms with E-state index in [1.54, 1.807) is 0 Å². The minimum absolute atomic E-state index is 0.0894. The molecule has 0 spiro atoms. The van der Waals surface area contributed by atoms with E-state index in [4.69, 9.17) is 4.74 Å². The molecule has 2 N–H and O–H groups in total. The average molecular weight is 160 g/mol. The fourth-order valence-electron chi connectivity index (χ4n) is 1.42. The first-order valence-electron chi connectivity index (χ1n) is 4.16. The first-order valence-corrected chi connectivity index (χ1v) is 4.16. The van der Waals surface area contributed by atoms with Crippen LogP contribution in [0.4, 0.5) is 0 Å². The highest BCUT2D eigenvalue weighted by Gasteiger charge is 2.32. The molecular weight excluding hydrogens is 144 g/mol. The third kappa shape index (κ3) is 1.92. The third-order valence-corrected chi connectivity index (χ3v) is 2.25. The molecule has 3 nitrogen and oxygen atoms in total. The molecule has 0 aliphatic carbocycles. The predicted molar refractivity (Wildman–Crippen MR) is 41.3 cm³/mol. The van der Waals surface area contributed by atoms with E-state index in [9.17, 15) is 10.2 Å². The van der Waals surface area contributed by atoms with Crippen LogP contribution < -0.4 is 0 Å². The van der Waals surface area contributed by atoms with Gasteiger partial charge in [0.05, 0.1) is 24.4 Å². The van der Waals surface area contributed by atoms with Crippen LogP contribution in [0.1, 0.15) is 26.7 Å². The molecule has 0 aromatic rings. The van der Waals surface area contributed by atoms with Gasteiger partial charge in [-0.1, -0.05) is 6.92 Å². The number of hydrogen-bond acceptors (Lipinski definition) is 3. The Morgan fingerprint density at radius 3 is 2.55 bits per heavy atom. The Hall–Kier alpha value is -0.120. The second kappa shape index (κ2) is 3.52. The second-order valence-electron chi connectivity index (χ2n) is 3.16. The largest absolute Gasteiger partial charge is 0.390 e. The minimum atomic E-state index is -0.507. The van der Waals surface area contributed by atoms with E-state index in [1.807, 2.05) is 13.8 Å². The van der Waals surface area contributed by atoms with E-state index < -0.39 is 12.2 Å². The maximum Gasteiger partial charge on any atom is 0.0837 e. The van der Waals surface area contributed by atoms with Crippen LogP contribution in [0.5, 0.6) is 0 Å². The molecule has 0 unspecified atom stereocenters. The van der Waals surface area contributed by atoms with Gasteiger partial charge in [-0.2, -0.15) is 0 Å². The molecule has 3 heteroatoms. The highest BCUT2D eigenvalue weighted by Crippen LogP contribution is 2.21. The van der Waals surface area contributed by atoms with Crippen molar-refractivity contribution < 1.29 is 14.9 Å². The standard InChI is InChI=1S/C8H16O3/c1-3-8-7(10)4-6(9)5(2)11-8/h5-10H,3-4H2,1-2H3/t5-,6+,7-,8+/m0/s1. The van der Waals surface area contributed by atoms with Gasteiger partial charge in [0.15, 0.2) is 0 Å². The van der Waals surface area contributed by atoms with E-state index >= 15 is 0 Å². The second-order valence-corrected chi connectivity index (χ2v) is 3.16. The molecule has 0 bridgehead atoms. The van der Waals surface area contributed by atoms with Gasteiger partial charge in [0.2, 0.25) is 0 Å². The van der Waals surface area contributed by atoms with Crippen LogP contribution in [-0.4, -0.2) is 34.6 Å². The first kappa shape index (κ1) is 8.97. The molecule has 0 amide bonds. The van der Waals surface area contributed by atoms with Crippen molar-refractivity contribution in [3.63, 3.8) is 0 Å². The van der Waals surface area contributed by atoms with Crippen molar-refractivity contribution in [2.45, 2.75) is 51.1 Å². The van der Waals surface area contributed by atoms with Crippen LogP contribution in [0.15, 0.2) is 0 Å². The quantitative estimate of drug-likeness (QED) is 0.580. The molecule has 1 rings (SSSR count). The van der Waals surface area contributed by atoms with Gasteiger partial charge in [-0.05, 0) is 13.3 Å². The molecule has 11 heavy (non-hydrogen) atoms. The molecule has 0 aromatic carbocycles. The number of hydrogen-bond donors (Lipinski definition) is 2. The van der Waals surface area contributed by atoms with Gasteiger partial charge in [0.1, 0.15) is 0 Å². The Balaban J connectivity index is 2.48. The van der Waals surface area contributed by atoms with Gasteiger partial charge in [-0.25, -0.2) is 0 Å². The van der Waals surface area contributed by atoms with Gasteiger partial charge in [-0.15, -0.1) is 0 Å². The lowest BCUT2D eigenvalue weighted by atomic mass is 9.98. The Morgan fingerprint density at radius 2 is 2.00 bits per heavy atom. The highest BCUT2D eigenvalue weighted by atomic mass is 16.5. The maximum atomic E-state index is 9.37. The van der Waals surface area contributed by atoms with Crippen molar-refractivity contribution in [3.8, 4) is 0 Å². The Morgan fingerprint density at radius 1 is 1.36 bits per heavy atom. The topological polar surface area (TPSA) is 49.7 Å². The molecule has 4 atom stereocenters. The fraction of sp³-hybridized carbons (Fsp3) is 1.00. The zero-order chi connectivity index (χ0) is 8.43. The molecule has 0 saturated carbocycles. The third-order valence-electron chi connectivity index (χ3n) is 2.25. The van der Waals surface area contributed by atoms with Gasteiger partial charge in [0, 0.05) is 6.42 Å². The van der Waals surface area contributed by atoms with Crippen LogP contribution in [0.2, 0.25) is 0 Å². The Bertz CT molecular complexity index is 127. The van der Waals surface area contributed by atoms with Gasteiger partial charge in [-0.3, -0.25) is 0 Å². The van der Waals surface area contributed by atoms with E-state index in [-0.39, 0.29) is 12.2 Å². The zero-order valence-electron chi connectivity index (χ0n) is 7.03. The maximum absolute atomic E-state index is 9.37. The number of aliphatic hydroxyl groups is 2. The molecule has 0 radical (unpaired) electrons. The lowest BCUT2D eigenvalue weighted by Crippen LogP contribution is -2.45. The van der Waals surface area contributed by atoms with Gasteiger partial charge in [0.25, 0.3) is 0 Å². The van der Waals surface area contributed by atoms with Crippen LogP contribution in [0, 0.1) is 0 Å². The summed E-state index contributed by atoms with van der Waals surface area (Å²) in [5.41, 5.74) is 0. The summed E-state index contributed by atoms with van der Waals surface area (Å²) in [6, 6.07) is 0. The summed E-state index contributed by atoms with van der Waals surface area (Å²) < 4.78 is 5.36. The predicted octanol–water partition coefficient (Wildman–Crippen LogP) is 0.296. The molecule has 1 heterocycles.